The molecule has 0 saturated carbocycles. The van der Waals surface area contributed by atoms with Crippen molar-refractivity contribution < 1.29 is 14.3 Å². The Morgan fingerprint density at radius 3 is 2.45 bits per heavy atom. The zero-order chi connectivity index (χ0) is 21.6. The monoisotopic (exact) mass is 414 g/mol. The van der Waals surface area contributed by atoms with Crippen LogP contribution < -0.4 is 15.4 Å². The Hall–Kier alpha value is -2.47. The second kappa shape index (κ2) is 9.83. The summed E-state index contributed by atoms with van der Waals surface area (Å²) in [6.45, 7) is 9.88. The number of nitrogens with one attached hydrogen (secondary N) is 2. The molecule has 0 aliphatic heterocycles. The molecular formula is C23H30N2O3S. The second-order valence-electron chi connectivity index (χ2n) is 7.99. The van der Waals surface area contributed by atoms with Crippen molar-refractivity contribution in [2.75, 3.05) is 12.4 Å². The van der Waals surface area contributed by atoms with Crippen LogP contribution in [0.4, 0.5) is 5.69 Å². The van der Waals surface area contributed by atoms with Crippen LogP contribution >= 0.6 is 11.8 Å². The van der Waals surface area contributed by atoms with E-state index in [0.717, 1.165) is 21.7 Å². The van der Waals surface area contributed by atoms with Gasteiger partial charge in [-0.15, -0.1) is 11.8 Å². The number of aryl methyl sites for hydroxylation is 1. The first-order chi connectivity index (χ1) is 13.6. The van der Waals surface area contributed by atoms with Gasteiger partial charge < -0.3 is 15.4 Å². The summed E-state index contributed by atoms with van der Waals surface area (Å²) in [6, 6.07) is 12.8. The Morgan fingerprint density at radius 1 is 1.14 bits per heavy atom. The molecule has 2 amide bonds. The van der Waals surface area contributed by atoms with Gasteiger partial charge in [-0.1, -0.05) is 32.9 Å². The number of hydrogen-bond donors (Lipinski definition) is 2. The Labute approximate surface area is 177 Å². The molecule has 5 nitrogen and oxygen atoms in total. The quantitative estimate of drug-likeness (QED) is 0.651. The normalized spacial score (nSPS) is 12.2. The van der Waals surface area contributed by atoms with Crippen LogP contribution in [0.25, 0.3) is 0 Å². The van der Waals surface area contributed by atoms with Gasteiger partial charge in [0, 0.05) is 28.7 Å². The minimum Gasteiger partial charge on any atom is -0.497 e. The van der Waals surface area contributed by atoms with Gasteiger partial charge in [0.25, 0.3) is 0 Å². The van der Waals surface area contributed by atoms with E-state index < -0.39 is 6.04 Å². The Kier molecular flexibility index (Phi) is 7.73. The van der Waals surface area contributed by atoms with Gasteiger partial charge in [-0.2, -0.15) is 0 Å². The highest BCUT2D eigenvalue weighted by atomic mass is 32.2. The molecule has 0 aromatic heterocycles. The van der Waals surface area contributed by atoms with Crippen LogP contribution in [0.5, 0.6) is 5.75 Å². The van der Waals surface area contributed by atoms with E-state index in [1.807, 2.05) is 43.3 Å². The SMILES string of the molecule is COc1cccc(CC(NC(C)=O)C(=O)Nc2ccc(SC(C)(C)C)cc2C)c1. The van der Waals surface area contributed by atoms with E-state index in [1.54, 1.807) is 18.9 Å². The molecule has 2 N–H and O–H groups in total. The highest BCUT2D eigenvalue weighted by Gasteiger charge is 2.21. The maximum atomic E-state index is 12.9. The number of amides is 2. The lowest BCUT2D eigenvalue weighted by atomic mass is 10.0. The molecule has 0 fully saturated rings. The van der Waals surface area contributed by atoms with Gasteiger partial charge in [0.15, 0.2) is 0 Å². The highest BCUT2D eigenvalue weighted by Crippen LogP contribution is 2.33. The molecule has 156 valence electrons. The van der Waals surface area contributed by atoms with Crippen LogP contribution in [0.15, 0.2) is 47.4 Å². The summed E-state index contributed by atoms with van der Waals surface area (Å²) < 4.78 is 5.36. The highest BCUT2D eigenvalue weighted by molar-refractivity contribution is 8.00. The Morgan fingerprint density at radius 2 is 1.86 bits per heavy atom. The fraction of sp³-hybridized carbons (Fsp3) is 0.391. The molecule has 0 aliphatic rings. The fourth-order valence-corrected chi connectivity index (χ4v) is 3.98. The zero-order valence-electron chi connectivity index (χ0n) is 18.0. The van der Waals surface area contributed by atoms with Crippen LogP contribution in [0.1, 0.15) is 38.8 Å². The fourth-order valence-electron chi connectivity index (χ4n) is 2.90. The topological polar surface area (TPSA) is 67.4 Å². The summed E-state index contributed by atoms with van der Waals surface area (Å²) in [5.74, 6) is 0.219. The molecule has 29 heavy (non-hydrogen) atoms. The third kappa shape index (κ3) is 7.46. The molecular weight excluding hydrogens is 384 g/mol. The van der Waals surface area contributed by atoms with Gasteiger partial charge in [0.2, 0.25) is 11.8 Å². The maximum absolute atomic E-state index is 12.9. The second-order valence-corrected chi connectivity index (χ2v) is 9.89. The van der Waals surface area contributed by atoms with Crippen LogP contribution in [-0.4, -0.2) is 29.7 Å². The van der Waals surface area contributed by atoms with Crippen LogP contribution in [0.2, 0.25) is 0 Å². The minimum atomic E-state index is -0.678. The molecule has 0 heterocycles. The van der Waals surface area contributed by atoms with Crippen molar-refractivity contribution in [2.24, 2.45) is 0 Å². The number of methoxy groups -OCH3 is 1. The number of thioether (sulfide) groups is 1. The Bertz CT molecular complexity index is 875. The van der Waals surface area contributed by atoms with E-state index in [1.165, 1.54) is 6.92 Å². The third-order valence-corrected chi connectivity index (χ3v) is 5.25. The summed E-state index contributed by atoms with van der Waals surface area (Å²) in [5.41, 5.74) is 2.64. The number of benzene rings is 2. The van der Waals surface area contributed by atoms with Gasteiger partial charge in [-0.3, -0.25) is 9.59 Å². The van der Waals surface area contributed by atoms with Gasteiger partial charge in [-0.05, 0) is 48.4 Å². The predicted molar refractivity (Wildman–Crippen MR) is 120 cm³/mol. The maximum Gasteiger partial charge on any atom is 0.247 e. The zero-order valence-corrected chi connectivity index (χ0v) is 18.8. The number of anilines is 1. The summed E-state index contributed by atoms with van der Waals surface area (Å²) in [4.78, 5) is 25.7. The first kappa shape index (κ1) is 22.8. The van der Waals surface area contributed by atoms with Gasteiger partial charge >= 0.3 is 0 Å². The number of ether oxygens (including phenoxy) is 1. The Balaban J connectivity index is 2.16. The van der Waals surface area contributed by atoms with Gasteiger partial charge in [0.1, 0.15) is 11.8 Å². The van der Waals surface area contributed by atoms with Gasteiger partial charge in [-0.25, -0.2) is 0 Å². The standard InChI is InChI=1S/C23H30N2O3S/c1-15-12-19(29-23(3,4)5)10-11-20(15)25-22(27)21(24-16(2)26)14-17-8-7-9-18(13-17)28-6/h7-13,21H,14H2,1-6H3,(H,24,26)(H,25,27). The van der Waals surface area contributed by atoms with E-state index in [2.05, 4.69) is 37.5 Å². The summed E-state index contributed by atoms with van der Waals surface area (Å²) in [5, 5.41) is 5.71. The lowest BCUT2D eigenvalue weighted by Gasteiger charge is -2.20. The van der Waals surface area contributed by atoms with Crippen molar-refractivity contribution in [1.82, 2.24) is 5.32 Å². The smallest absolute Gasteiger partial charge is 0.247 e. The van der Waals surface area contributed by atoms with Crippen LogP contribution in [-0.2, 0) is 16.0 Å². The lowest BCUT2D eigenvalue weighted by Crippen LogP contribution is -2.44. The molecule has 2 aromatic rings. The molecule has 0 saturated heterocycles. The minimum absolute atomic E-state index is 0.116. The molecule has 0 radical (unpaired) electrons. The average Bonchev–Trinajstić information content (AvgIpc) is 2.62. The first-order valence-electron chi connectivity index (χ1n) is 9.58. The number of hydrogen-bond acceptors (Lipinski definition) is 4. The largest absolute Gasteiger partial charge is 0.497 e. The molecule has 0 bridgehead atoms. The van der Waals surface area contributed by atoms with Crippen molar-refractivity contribution in [1.29, 1.82) is 0 Å². The first-order valence-corrected chi connectivity index (χ1v) is 10.4. The van der Waals surface area contributed by atoms with Gasteiger partial charge in [0.05, 0.1) is 7.11 Å². The van der Waals surface area contributed by atoms with Crippen molar-refractivity contribution in [3.05, 3.63) is 53.6 Å². The van der Waals surface area contributed by atoms with E-state index >= 15 is 0 Å². The average molecular weight is 415 g/mol. The summed E-state index contributed by atoms with van der Waals surface area (Å²) in [7, 11) is 1.60. The predicted octanol–water partition coefficient (Wildman–Crippen LogP) is 4.58. The van der Waals surface area contributed by atoms with Crippen molar-refractivity contribution >= 4 is 29.3 Å². The third-order valence-electron chi connectivity index (χ3n) is 4.15. The molecule has 6 heteroatoms. The lowest BCUT2D eigenvalue weighted by molar-refractivity contribution is -0.125. The van der Waals surface area contributed by atoms with Crippen LogP contribution in [0.3, 0.4) is 0 Å². The summed E-state index contributed by atoms with van der Waals surface area (Å²) >= 11 is 1.78. The van der Waals surface area contributed by atoms with Crippen molar-refractivity contribution in [3.8, 4) is 5.75 Å². The number of carbonyl (C=O) groups is 2. The molecule has 2 rings (SSSR count). The molecule has 0 aliphatic carbocycles. The van der Waals surface area contributed by atoms with E-state index in [4.69, 9.17) is 4.74 Å². The molecule has 2 aromatic carbocycles. The molecule has 0 spiro atoms. The van der Waals surface area contributed by atoms with Crippen molar-refractivity contribution in [3.63, 3.8) is 0 Å². The van der Waals surface area contributed by atoms with Crippen molar-refractivity contribution in [2.45, 2.75) is 56.7 Å². The molecule has 1 unspecified atom stereocenters. The number of rotatable bonds is 7. The van der Waals surface area contributed by atoms with E-state index in [-0.39, 0.29) is 16.6 Å². The number of carbonyl (C=O) groups excluding carboxylic acids is 2. The van der Waals surface area contributed by atoms with E-state index in [0.29, 0.717) is 12.2 Å². The van der Waals surface area contributed by atoms with E-state index in [9.17, 15) is 9.59 Å². The molecule has 1 atom stereocenters. The van der Waals surface area contributed by atoms with Crippen LogP contribution in [0, 0.1) is 6.92 Å². The summed E-state index contributed by atoms with van der Waals surface area (Å²) in [6.07, 6.45) is 0.375.